The molecule has 0 atom stereocenters. The second-order valence-electron chi connectivity index (χ2n) is 7.42. The first kappa shape index (κ1) is 23.4. The first-order valence-corrected chi connectivity index (χ1v) is 10.5. The summed E-state index contributed by atoms with van der Waals surface area (Å²) in [4.78, 5) is 62.5. The lowest BCUT2D eigenvalue weighted by Crippen LogP contribution is -2.29. The molecule has 0 radical (unpaired) electrons. The zero-order chi connectivity index (χ0) is 25.1. The molecule has 11 nitrogen and oxygen atoms in total. The van der Waals surface area contributed by atoms with Gasteiger partial charge in [-0.05, 0) is 56.3 Å². The number of hydrogen-bond donors (Lipinski definition) is 1. The number of nitrogens with one attached hydrogen (secondary N) is 1. The number of aromatic nitrogens is 1. The van der Waals surface area contributed by atoms with E-state index in [0.717, 1.165) is 4.90 Å². The maximum absolute atomic E-state index is 12.7. The molecule has 3 amide bonds. The van der Waals surface area contributed by atoms with Crippen LogP contribution in [0, 0.1) is 6.92 Å². The van der Waals surface area contributed by atoms with Crippen molar-refractivity contribution in [3.05, 3.63) is 76.5 Å². The van der Waals surface area contributed by atoms with Crippen molar-refractivity contribution in [2.45, 2.75) is 13.8 Å². The highest BCUT2D eigenvalue weighted by atomic mass is 16.5. The van der Waals surface area contributed by atoms with Gasteiger partial charge in [-0.3, -0.25) is 14.4 Å². The third kappa shape index (κ3) is 4.78. The monoisotopic (exact) mass is 477 g/mol. The van der Waals surface area contributed by atoms with Crippen molar-refractivity contribution >= 4 is 41.2 Å². The summed E-state index contributed by atoms with van der Waals surface area (Å²) < 4.78 is 14.9. The molecule has 178 valence electrons. The average molecular weight is 477 g/mol. The van der Waals surface area contributed by atoms with Crippen molar-refractivity contribution in [3.8, 4) is 0 Å². The van der Waals surface area contributed by atoms with Gasteiger partial charge in [-0.2, -0.15) is 0 Å². The van der Waals surface area contributed by atoms with E-state index in [1.807, 2.05) is 0 Å². The number of anilines is 2. The molecule has 0 spiro atoms. The minimum absolute atomic E-state index is 0.00493. The van der Waals surface area contributed by atoms with Crippen LogP contribution in [0.3, 0.4) is 0 Å². The van der Waals surface area contributed by atoms with Crippen LogP contribution in [-0.4, -0.2) is 48.0 Å². The molecule has 0 bridgehead atoms. The van der Waals surface area contributed by atoms with Gasteiger partial charge in [0.15, 0.2) is 12.4 Å². The molecule has 1 N–H and O–H groups in total. The van der Waals surface area contributed by atoms with E-state index < -0.39 is 36.3 Å². The Morgan fingerprint density at radius 2 is 1.57 bits per heavy atom. The largest absolute Gasteiger partial charge is 0.462 e. The van der Waals surface area contributed by atoms with Gasteiger partial charge in [0, 0.05) is 11.8 Å². The van der Waals surface area contributed by atoms with Crippen LogP contribution < -0.4 is 10.2 Å². The normalized spacial score (nSPS) is 12.3. The fourth-order valence-corrected chi connectivity index (χ4v) is 3.35. The summed E-state index contributed by atoms with van der Waals surface area (Å²) in [5.74, 6) is -2.71. The summed E-state index contributed by atoms with van der Waals surface area (Å²) in [6.07, 6.45) is 0. The van der Waals surface area contributed by atoms with Crippen LogP contribution in [-0.2, 0) is 14.3 Å². The minimum Gasteiger partial charge on any atom is -0.462 e. The third-order valence-corrected chi connectivity index (χ3v) is 4.98. The van der Waals surface area contributed by atoms with Gasteiger partial charge in [0.05, 0.1) is 28.9 Å². The molecule has 1 aromatic heterocycles. The first-order chi connectivity index (χ1) is 16.8. The second kappa shape index (κ2) is 9.59. The number of ether oxygens (including phenoxy) is 2. The molecule has 0 unspecified atom stereocenters. The topological polar surface area (TPSA) is 145 Å². The fraction of sp³-hybridized carbons (Fsp3) is 0.167. The summed E-state index contributed by atoms with van der Waals surface area (Å²) in [5, 5.41) is 6.23. The van der Waals surface area contributed by atoms with E-state index in [9.17, 15) is 24.0 Å². The van der Waals surface area contributed by atoms with Gasteiger partial charge in [-0.1, -0.05) is 5.16 Å². The molecule has 0 fully saturated rings. The Labute approximate surface area is 198 Å². The van der Waals surface area contributed by atoms with Crippen LogP contribution >= 0.6 is 0 Å². The lowest BCUT2D eigenvalue weighted by Gasteiger charge is -2.08. The quantitative estimate of drug-likeness (QED) is 0.401. The molecule has 4 rings (SSSR count). The zero-order valence-electron chi connectivity index (χ0n) is 18.7. The Morgan fingerprint density at radius 1 is 0.914 bits per heavy atom. The molecule has 35 heavy (non-hydrogen) atoms. The summed E-state index contributed by atoms with van der Waals surface area (Å²) in [6, 6.07) is 11.4. The molecule has 2 aromatic carbocycles. The summed E-state index contributed by atoms with van der Waals surface area (Å²) >= 11 is 0. The Bertz CT molecular complexity index is 1340. The predicted molar refractivity (Wildman–Crippen MR) is 120 cm³/mol. The second-order valence-corrected chi connectivity index (χ2v) is 7.42. The standard InChI is InChI=1S/C24H19N3O8/c1-3-33-23(31)14-4-7-16(8-5-14)25-20(28)12-34-24(32)15-6-9-17-18(11-15)22(30)27(21(17)29)19-10-13(2)35-26-19/h4-11H,3,12H2,1-2H3,(H,25,28). The number of aryl methyl sites for hydroxylation is 1. The van der Waals surface area contributed by atoms with Gasteiger partial charge >= 0.3 is 11.9 Å². The number of nitrogens with zero attached hydrogens (tertiary/aromatic N) is 2. The Morgan fingerprint density at radius 3 is 2.23 bits per heavy atom. The molecular weight excluding hydrogens is 458 g/mol. The molecule has 0 saturated carbocycles. The van der Waals surface area contributed by atoms with Gasteiger partial charge < -0.3 is 19.3 Å². The number of amides is 3. The Balaban J connectivity index is 1.37. The van der Waals surface area contributed by atoms with Crippen LogP contribution in [0.1, 0.15) is 54.1 Å². The number of carbonyl (C=O) groups is 5. The van der Waals surface area contributed by atoms with Crippen LogP contribution in [0.25, 0.3) is 0 Å². The lowest BCUT2D eigenvalue weighted by atomic mass is 10.1. The average Bonchev–Trinajstić information content (AvgIpc) is 3.38. The number of carbonyl (C=O) groups excluding carboxylic acids is 5. The summed E-state index contributed by atoms with van der Waals surface area (Å²) in [7, 11) is 0. The molecular formula is C24H19N3O8. The Kier molecular flexibility index (Phi) is 6.40. The minimum atomic E-state index is -0.850. The lowest BCUT2D eigenvalue weighted by molar-refractivity contribution is -0.119. The molecule has 3 aromatic rings. The summed E-state index contributed by atoms with van der Waals surface area (Å²) in [5.41, 5.74) is 0.837. The van der Waals surface area contributed by atoms with E-state index in [1.165, 1.54) is 48.5 Å². The van der Waals surface area contributed by atoms with Gasteiger partial charge in [0.2, 0.25) is 0 Å². The highest BCUT2D eigenvalue weighted by Crippen LogP contribution is 2.29. The molecule has 11 heteroatoms. The molecule has 0 aliphatic carbocycles. The maximum Gasteiger partial charge on any atom is 0.338 e. The number of rotatable bonds is 7. The SMILES string of the molecule is CCOC(=O)c1ccc(NC(=O)COC(=O)c2ccc3c(c2)C(=O)N(c2cc(C)on2)C3=O)cc1. The summed E-state index contributed by atoms with van der Waals surface area (Å²) in [6.45, 7) is 2.98. The first-order valence-electron chi connectivity index (χ1n) is 10.5. The van der Waals surface area contributed by atoms with Gasteiger partial charge in [-0.15, -0.1) is 0 Å². The van der Waals surface area contributed by atoms with Crippen molar-refractivity contribution in [2.75, 3.05) is 23.4 Å². The van der Waals surface area contributed by atoms with Gasteiger partial charge in [0.1, 0.15) is 5.76 Å². The van der Waals surface area contributed by atoms with E-state index in [4.69, 9.17) is 14.0 Å². The van der Waals surface area contributed by atoms with E-state index in [0.29, 0.717) is 17.0 Å². The van der Waals surface area contributed by atoms with Crippen LogP contribution in [0.15, 0.2) is 53.1 Å². The van der Waals surface area contributed by atoms with E-state index in [-0.39, 0.29) is 29.1 Å². The van der Waals surface area contributed by atoms with Gasteiger partial charge in [-0.25, -0.2) is 14.5 Å². The van der Waals surface area contributed by atoms with Crippen molar-refractivity contribution in [1.29, 1.82) is 0 Å². The van der Waals surface area contributed by atoms with Gasteiger partial charge in [0.25, 0.3) is 17.7 Å². The zero-order valence-corrected chi connectivity index (χ0v) is 18.7. The van der Waals surface area contributed by atoms with Crippen LogP contribution in [0.4, 0.5) is 11.5 Å². The van der Waals surface area contributed by atoms with Crippen molar-refractivity contribution < 1.29 is 38.0 Å². The maximum atomic E-state index is 12.7. The predicted octanol–water partition coefficient (Wildman–Crippen LogP) is 2.76. The smallest absolute Gasteiger partial charge is 0.338 e. The van der Waals surface area contributed by atoms with E-state index >= 15 is 0 Å². The van der Waals surface area contributed by atoms with Crippen molar-refractivity contribution in [3.63, 3.8) is 0 Å². The third-order valence-electron chi connectivity index (χ3n) is 4.98. The number of imide groups is 1. The fourth-order valence-electron chi connectivity index (χ4n) is 3.35. The number of benzene rings is 2. The van der Waals surface area contributed by atoms with E-state index in [1.54, 1.807) is 13.8 Å². The highest BCUT2D eigenvalue weighted by molar-refractivity contribution is 6.34. The molecule has 2 heterocycles. The van der Waals surface area contributed by atoms with Crippen molar-refractivity contribution in [2.24, 2.45) is 0 Å². The number of esters is 2. The van der Waals surface area contributed by atoms with E-state index in [2.05, 4.69) is 10.5 Å². The van der Waals surface area contributed by atoms with Crippen LogP contribution in [0.5, 0.6) is 0 Å². The number of hydrogen-bond acceptors (Lipinski definition) is 9. The molecule has 1 aliphatic rings. The number of fused-ring (bicyclic) bond motifs is 1. The molecule has 1 aliphatic heterocycles. The molecule has 0 saturated heterocycles. The van der Waals surface area contributed by atoms with Crippen LogP contribution in [0.2, 0.25) is 0 Å². The van der Waals surface area contributed by atoms with Crippen molar-refractivity contribution in [1.82, 2.24) is 5.16 Å². The highest BCUT2D eigenvalue weighted by Gasteiger charge is 2.38. The Hall–Kier alpha value is -4.80.